The zero-order valence-corrected chi connectivity index (χ0v) is 18.3. The SMILES string of the molecule is Cc1cccc(-c2cn3c(n2)CN([C@H](C)C(CN(N)C=N)c2ccc(F)cc2F)CC3)c1. The van der Waals surface area contributed by atoms with Crippen LogP contribution in [0, 0.1) is 24.0 Å². The van der Waals surface area contributed by atoms with Gasteiger partial charge in [-0.05, 0) is 31.5 Å². The number of hydrazine groups is 1. The summed E-state index contributed by atoms with van der Waals surface area (Å²) in [6, 6.07) is 11.8. The van der Waals surface area contributed by atoms with Crippen LogP contribution in [-0.2, 0) is 13.1 Å². The molecule has 0 saturated heterocycles. The van der Waals surface area contributed by atoms with Gasteiger partial charge in [0.25, 0.3) is 0 Å². The van der Waals surface area contributed by atoms with Crippen molar-refractivity contribution in [2.45, 2.75) is 38.9 Å². The van der Waals surface area contributed by atoms with Crippen LogP contribution in [0.1, 0.15) is 29.8 Å². The van der Waals surface area contributed by atoms with Gasteiger partial charge in [0.2, 0.25) is 0 Å². The standard InChI is InChI=1S/C24H28F2N6/c1-16-4-3-5-18(10-16)23-13-31-9-8-30(14-24(31)29-23)17(2)21(12-32(28)15-27)20-7-6-19(25)11-22(20)26/h3-7,10-11,13,15,17,21,27H,8-9,12,14,28H2,1-2H3/t17-,21?/m1/s1. The maximum absolute atomic E-state index is 14.7. The minimum Gasteiger partial charge on any atom is -0.332 e. The predicted molar refractivity (Wildman–Crippen MR) is 121 cm³/mol. The van der Waals surface area contributed by atoms with Crippen molar-refractivity contribution in [3.8, 4) is 11.3 Å². The normalized spacial score (nSPS) is 15.8. The second kappa shape index (κ2) is 9.18. The van der Waals surface area contributed by atoms with Gasteiger partial charge in [-0.1, -0.05) is 29.8 Å². The lowest BCUT2D eigenvalue weighted by molar-refractivity contribution is 0.132. The highest BCUT2D eigenvalue weighted by Crippen LogP contribution is 2.30. The topological polar surface area (TPSA) is 74.2 Å². The molecule has 4 rings (SSSR count). The van der Waals surface area contributed by atoms with E-state index in [0.717, 1.165) is 42.6 Å². The summed E-state index contributed by atoms with van der Waals surface area (Å²) in [7, 11) is 0. The van der Waals surface area contributed by atoms with Crippen LogP contribution in [-0.4, -0.2) is 44.9 Å². The first-order valence-corrected chi connectivity index (χ1v) is 10.7. The van der Waals surface area contributed by atoms with Gasteiger partial charge in [-0.2, -0.15) is 0 Å². The van der Waals surface area contributed by atoms with E-state index in [0.29, 0.717) is 12.1 Å². The summed E-state index contributed by atoms with van der Waals surface area (Å²) in [6.45, 7) is 6.48. The Morgan fingerprint density at radius 2 is 2.03 bits per heavy atom. The maximum Gasteiger partial charge on any atom is 0.129 e. The molecular weight excluding hydrogens is 410 g/mol. The number of benzene rings is 2. The van der Waals surface area contributed by atoms with E-state index in [1.54, 1.807) is 0 Å². The highest BCUT2D eigenvalue weighted by atomic mass is 19.1. The van der Waals surface area contributed by atoms with Crippen LogP contribution in [0.4, 0.5) is 8.78 Å². The smallest absolute Gasteiger partial charge is 0.129 e. The van der Waals surface area contributed by atoms with E-state index in [2.05, 4.69) is 40.8 Å². The summed E-state index contributed by atoms with van der Waals surface area (Å²) in [5, 5.41) is 8.66. The average molecular weight is 439 g/mol. The molecule has 2 atom stereocenters. The molecular formula is C24H28F2N6. The van der Waals surface area contributed by atoms with Crippen LogP contribution in [0.5, 0.6) is 0 Å². The third-order valence-corrected chi connectivity index (χ3v) is 6.24. The van der Waals surface area contributed by atoms with Gasteiger partial charge >= 0.3 is 0 Å². The Labute approximate surface area is 186 Å². The van der Waals surface area contributed by atoms with Gasteiger partial charge in [-0.3, -0.25) is 10.3 Å². The van der Waals surface area contributed by atoms with Crippen LogP contribution >= 0.6 is 0 Å². The molecule has 168 valence electrons. The van der Waals surface area contributed by atoms with Gasteiger partial charge in [0.15, 0.2) is 0 Å². The summed E-state index contributed by atoms with van der Waals surface area (Å²) in [6.07, 6.45) is 3.10. The molecule has 32 heavy (non-hydrogen) atoms. The zero-order chi connectivity index (χ0) is 22.8. The van der Waals surface area contributed by atoms with E-state index in [-0.39, 0.29) is 18.5 Å². The number of fused-ring (bicyclic) bond motifs is 1. The van der Waals surface area contributed by atoms with Gasteiger partial charge in [0.1, 0.15) is 17.5 Å². The Kier molecular flexibility index (Phi) is 6.34. The van der Waals surface area contributed by atoms with Gasteiger partial charge < -0.3 is 9.58 Å². The number of rotatable bonds is 7. The van der Waals surface area contributed by atoms with Gasteiger partial charge in [0, 0.05) is 49.4 Å². The van der Waals surface area contributed by atoms with E-state index in [9.17, 15) is 8.78 Å². The lowest BCUT2D eigenvalue weighted by Gasteiger charge is -2.38. The molecule has 0 fully saturated rings. The molecule has 3 aromatic rings. The minimum atomic E-state index is -0.613. The molecule has 0 radical (unpaired) electrons. The first kappa shape index (κ1) is 22.1. The van der Waals surface area contributed by atoms with E-state index in [1.165, 1.54) is 22.7 Å². The lowest BCUT2D eigenvalue weighted by Crippen LogP contribution is -2.46. The molecule has 1 aromatic heterocycles. The van der Waals surface area contributed by atoms with Crippen LogP contribution in [0.2, 0.25) is 0 Å². The van der Waals surface area contributed by atoms with E-state index >= 15 is 0 Å². The van der Waals surface area contributed by atoms with Crippen molar-refractivity contribution in [1.29, 1.82) is 5.41 Å². The largest absolute Gasteiger partial charge is 0.332 e. The summed E-state index contributed by atoms with van der Waals surface area (Å²) in [5.74, 6) is 5.27. The summed E-state index contributed by atoms with van der Waals surface area (Å²) in [5.41, 5.74) is 3.61. The average Bonchev–Trinajstić information content (AvgIpc) is 3.21. The predicted octanol–water partition coefficient (Wildman–Crippen LogP) is 3.91. The number of aromatic nitrogens is 2. The van der Waals surface area contributed by atoms with Crippen molar-refractivity contribution in [1.82, 2.24) is 19.5 Å². The Balaban J connectivity index is 1.59. The first-order chi connectivity index (χ1) is 15.4. The monoisotopic (exact) mass is 438 g/mol. The number of hydrogen-bond donors (Lipinski definition) is 2. The molecule has 0 amide bonds. The molecule has 0 spiro atoms. The molecule has 2 heterocycles. The number of nitrogens with one attached hydrogen (secondary N) is 1. The molecule has 1 unspecified atom stereocenters. The molecule has 0 saturated carbocycles. The third-order valence-electron chi connectivity index (χ3n) is 6.24. The zero-order valence-electron chi connectivity index (χ0n) is 18.3. The highest BCUT2D eigenvalue weighted by Gasteiger charge is 2.31. The fourth-order valence-corrected chi connectivity index (χ4v) is 4.41. The number of nitrogens with two attached hydrogens (primary N) is 1. The van der Waals surface area contributed by atoms with Crippen molar-refractivity contribution in [2.75, 3.05) is 13.1 Å². The molecule has 1 aliphatic rings. The highest BCUT2D eigenvalue weighted by molar-refractivity contribution is 5.59. The van der Waals surface area contributed by atoms with Crippen LogP contribution in [0.3, 0.4) is 0 Å². The molecule has 3 N–H and O–H groups in total. The quantitative estimate of drug-likeness (QED) is 0.254. The number of nitrogens with zero attached hydrogens (tertiary/aromatic N) is 4. The second-order valence-electron chi connectivity index (χ2n) is 8.41. The number of halogens is 2. The summed E-state index contributed by atoms with van der Waals surface area (Å²) in [4.78, 5) is 7.10. The van der Waals surface area contributed by atoms with E-state index < -0.39 is 11.6 Å². The Bertz CT molecular complexity index is 1110. The molecule has 2 aromatic carbocycles. The summed E-state index contributed by atoms with van der Waals surface area (Å²) >= 11 is 0. The number of imidazole rings is 1. The van der Waals surface area contributed by atoms with E-state index in [1.807, 2.05) is 13.0 Å². The van der Waals surface area contributed by atoms with Gasteiger partial charge in [-0.15, -0.1) is 0 Å². The Morgan fingerprint density at radius 3 is 2.75 bits per heavy atom. The van der Waals surface area contributed by atoms with Crippen molar-refractivity contribution >= 4 is 6.34 Å². The van der Waals surface area contributed by atoms with Crippen LogP contribution < -0.4 is 5.84 Å². The second-order valence-corrected chi connectivity index (χ2v) is 8.41. The molecule has 0 aliphatic carbocycles. The van der Waals surface area contributed by atoms with Crippen molar-refractivity contribution in [3.05, 3.63) is 77.2 Å². The molecule has 0 bridgehead atoms. The van der Waals surface area contributed by atoms with Crippen molar-refractivity contribution in [3.63, 3.8) is 0 Å². The Hall–Kier alpha value is -3.10. The molecule has 1 aliphatic heterocycles. The lowest BCUT2D eigenvalue weighted by atomic mass is 9.90. The first-order valence-electron chi connectivity index (χ1n) is 10.7. The maximum atomic E-state index is 14.7. The van der Waals surface area contributed by atoms with E-state index in [4.69, 9.17) is 16.2 Å². The minimum absolute atomic E-state index is 0.103. The third kappa shape index (κ3) is 4.56. The molecule has 6 nitrogen and oxygen atoms in total. The number of hydrogen-bond acceptors (Lipinski definition) is 4. The summed E-state index contributed by atoms with van der Waals surface area (Å²) < 4.78 is 30.3. The van der Waals surface area contributed by atoms with Crippen LogP contribution in [0.25, 0.3) is 11.3 Å². The van der Waals surface area contributed by atoms with Crippen molar-refractivity contribution < 1.29 is 8.78 Å². The number of aryl methyl sites for hydroxylation is 1. The van der Waals surface area contributed by atoms with Crippen molar-refractivity contribution in [2.24, 2.45) is 5.84 Å². The fourth-order valence-electron chi connectivity index (χ4n) is 4.41. The van der Waals surface area contributed by atoms with Gasteiger partial charge in [-0.25, -0.2) is 19.6 Å². The van der Waals surface area contributed by atoms with Crippen LogP contribution in [0.15, 0.2) is 48.7 Å². The Morgan fingerprint density at radius 1 is 1.22 bits per heavy atom. The van der Waals surface area contributed by atoms with Gasteiger partial charge in [0.05, 0.1) is 18.6 Å². The molecule has 8 heteroatoms. The fraction of sp³-hybridized carbons (Fsp3) is 0.333.